The number of hydrogen-bond donors (Lipinski definition) is 0. The van der Waals surface area contributed by atoms with E-state index in [0.29, 0.717) is 30.4 Å². The van der Waals surface area contributed by atoms with Gasteiger partial charge in [-0.1, -0.05) is 30.3 Å². The van der Waals surface area contributed by atoms with E-state index in [1.165, 1.54) is 0 Å². The van der Waals surface area contributed by atoms with E-state index in [9.17, 15) is 4.79 Å². The first-order valence-corrected chi connectivity index (χ1v) is 9.53. The minimum Gasteiger partial charge on any atom is -0.441 e. The van der Waals surface area contributed by atoms with Crippen molar-refractivity contribution in [3.8, 4) is 11.5 Å². The lowest BCUT2D eigenvalue weighted by Gasteiger charge is -2.21. The number of rotatable bonds is 7. The predicted octanol–water partition coefficient (Wildman–Crippen LogP) is 4.31. The molecule has 0 saturated heterocycles. The summed E-state index contributed by atoms with van der Waals surface area (Å²) < 4.78 is 5.78. The molecule has 5 heteroatoms. The first-order chi connectivity index (χ1) is 13.5. The van der Waals surface area contributed by atoms with Crippen molar-refractivity contribution in [3.63, 3.8) is 0 Å². The summed E-state index contributed by atoms with van der Waals surface area (Å²) in [6, 6.07) is 18.0. The van der Waals surface area contributed by atoms with Gasteiger partial charge in [0.05, 0.1) is 12.1 Å². The Labute approximate surface area is 166 Å². The van der Waals surface area contributed by atoms with Gasteiger partial charge in [-0.15, -0.1) is 0 Å². The number of aromatic nitrogens is 1. The number of likely N-dealkylation sites (N-methyl/N-ethyl adjacent to an activating group) is 1. The minimum absolute atomic E-state index is 0.0511. The molecular weight excluding hydrogens is 350 g/mol. The average Bonchev–Trinajstić information content (AvgIpc) is 3.07. The number of aryl methyl sites for hydroxylation is 1. The highest BCUT2D eigenvalue weighted by Crippen LogP contribution is 2.22. The van der Waals surface area contributed by atoms with E-state index in [1.807, 2.05) is 63.2 Å². The van der Waals surface area contributed by atoms with Crippen LogP contribution in [0.25, 0.3) is 11.5 Å². The molecule has 1 amide bonds. The molecule has 0 spiro atoms. The lowest BCUT2D eigenvalue weighted by Crippen LogP contribution is -2.31. The maximum atomic E-state index is 12.9. The van der Waals surface area contributed by atoms with E-state index in [0.717, 1.165) is 16.8 Å². The Morgan fingerprint density at radius 1 is 1.04 bits per heavy atom. The summed E-state index contributed by atoms with van der Waals surface area (Å²) in [6.45, 7) is 5.09. The zero-order valence-corrected chi connectivity index (χ0v) is 17.0. The molecular formula is C23H27N3O2. The molecule has 146 valence electrons. The summed E-state index contributed by atoms with van der Waals surface area (Å²) in [7, 11) is 4.03. The lowest BCUT2D eigenvalue weighted by molar-refractivity contribution is -0.130. The standard InChI is InChI=1S/C23H27N3O2/c1-5-26(16-18-11-13-20(14-12-18)25(3)4)22(27)15-21-17(2)28-23(24-21)19-9-7-6-8-10-19/h6-14H,5,15-16H2,1-4H3. The summed E-state index contributed by atoms with van der Waals surface area (Å²) in [5.41, 5.74) is 3.87. The smallest absolute Gasteiger partial charge is 0.229 e. The highest BCUT2D eigenvalue weighted by Gasteiger charge is 2.18. The molecule has 2 aromatic carbocycles. The summed E-state index contributed by atoms with van der Waals surface area (Å²) in [6.07, 6.45) is 0.242. The number of hydrogen-bond acceptors (Lipinski definition) is 4. The molecule has 3 aromatic rings. The molecule has 0 N–H and O–H groups in total. The van der Waals surface area contributed by atoms with Crippen molar-refractivity contribution in [2.24, 2.45) is 0 Å². The van der Waals surface area contributed by atoms with E-state index in [1.54, 1.807) is 0 Å². The number of benzene rings is 2. The Balaban J connectivity index is 1.69. The largest absolute Gasteiger partial charge is 0.441 e. The van der Waals surface area contributed by atoms with Crippen LogP contribution in [0, 0.1) is 6.92 Å². The summed E-state index contributed by atoms with van der Waals surface area (Å²) in [4.78, 5) is 21.3. The Kier molecular flexibility index (Phi) is 6.14. The fraction of sp³-hybridized carbons (Fsp3) is 0.304. The fourth-order valence-electron chi connectivity index (χ4n) is 3.05. The molecule has 1 heterocycles. The monoisotopic (exact) mass is 377 g/mol. The van der Waals surface area contributed by atoms with Crippen molar-refractivity contribution in [1.29, 1.82) is 0 Å². The van der Waals surface area contributed by atoms with Gasteiger partial charge in [-0.25, -0.2) is 4.98 Å². The highest BCUT2D eigenvalue weighted by molar-refractivity contribution is 5.78. The van der Waals surface area contributed by atoms with Crippen molar-refractivity contribution >= 4 is 11.6 Å². The molecule has 0 aliphatic rings. The second-order valence-corrected chi connectivity index (χ2v) is 7.03. The van der Waals surface area contributed by atoms with Crippen LogP contribution in [0.4, 0.5) is 5.69 Å². The normalized spacial score (nSPS) is 10.7. The zero-order valence-electron chi connectivity index (χ0n) is 17.0. The third-order valence-corrected chi connectivity index (χ3v) is 4.79. The quantitative estimate of drug-likeness (QED) is 0.616. The van der Waals surface area contributed by atoms with Gasteiger partial charge in [0.1, 0.15) is 5.76 Å². The number of anilines is 1. The third-order valence-electron chi connectivity index (χ3n) is 4.79. The fourth-order valence-corrected chi connectivity index (χ4v) is 3.05. The van der Waals surface area contributed by atoms with Crippen LogP contribution >= 0.6 is 0 Å². The Hall–Kier alpha value is -3.08. The van der Waals surface area contributed by atoms with Gasteiger partial charge < -0.3 is 14.2 Å². The van der Waals surface area contributed by atoms with Crippen LogP contribution in [-0.4, -0.2) is 36.4 Å². The number of carbonyl (C=O) groups is 1. The van der Waals surface area contributed by atoms with Crippen LogP contribution in [0.3, 0.4) is 0 Å². The highest BCUT2D eigenvalue weighted by atomic mass is 16.4. The average molecular weight is 377 g/mol. The van der Waals surface area contributed by atoms with Crippen LogP contribution in [0.15, 0.2) is 59.0 Å². The first-order valence-electron chi connectivity index (χ1n) is 9.53. The van der Waals surface area contributed by atoms with Crippen molar-refractivity contribution < 1.29 is 9.21 Å². The molecule has 0 saturated carbocycles. The molecule has 1 aromatic heterocycles. The molecule has 5 nitrogen and oxygen atoms in total. The first kappa shape index (κ1) is 19.7. The Morgan fingerprint density at radius 2 is 1.71 bits per heavy atom. The van der Waals surface area contributed by atoms with E-state index in [-0.39, 0.29) is 12.3 Å². The van der Waals surface area contributed by atoms with Gasteiger partial charge >= 0.3 is 0 Å². The molecule has 0 bridgehead atoms. The van der Waals surface area contributed by atoms with Gasteiger partial charge in [-0.3, -0.25) is 4.79 Å². The van der Waals surface area contributed by atoms with Crippen molar-refractivity contribution in [3.05, 3.63) is 71.6 Å². The lowest BCUT2D eigenvalue weighted by atomic mass is 10.1. The van der Waals surface area contributed by atoms with Gasteiger partial charge in [0.15, 0.2) is 0 Å². The predicted molar refractivity (Wildman–Crippen MR) is 112 cm³/mol. The van der Waals surface area contributed by atoms with Gasteiger partial charge in [0.25, 0.3) is 0 Å². The maximum absolute atomic E-state index is 12.9. The SMILES string of the molecule is CCN(Cc1ccc(N(C)C)cc1)C(=O)Cc1nc(-c2ccccc2)oc1C. The third kappa shape index (κ3) is 4.60. The molecule has 0 aliphatic heterocycles. The van der Waals surface area contributed by atoms with Crippen molar-refractivity contribution in [2.45, 2.75) is 26.8 Å². The van der Waals surface area contributed by atoms with Crippen molar-refractivity contribution in [1.82, 2.24) is 9.88 Å². The van der Waals surface area contributed by atoms with Gasteiger partial charge in [0.2, 0.25) is 11.8 Å². The van der Waals surface area contributed by atoms with E-state index >= 15 is 0 Å². The van der Waals surface area contributed by atoms with Crippen LogP contribution < -0.4 is 4.90 Å². The number of nitrogens with zero attached hydrogens (tertiary/aromatic N) is 3. The topological polar surface area (TPSA) is 49.6 Å². The molecule has 0 atom stereocenters. The molecule has 0 unspecified atom stereocenters. The van der Waals surface area contributed by atoms with Gasteiger partial charge in [0, 0.05) is 38.4 Å². The summed E-state index contributed by atoms with van der Waals surface area (Å²) >= 11 is 0. The zero-order chi connectivity index (χ0) is 20.1. The Morgan fingerprint density at radius 3 is 2.32 bits per heavy atom. The van der Waals surface area contributed by atoms with E-state index in [2.05, 4.69) is 34.1 Å². The van der Waals surface area contributed by atoms with E-state index < -0.39 is 0 Å². The number of carbonyl (C=O) groups excluding carboxylic acids is 1. The number of amides is 1. The maximum Gasteiger partial charge on any atom is 0.229 e. The summed E-state index contributed by atoms with van der Waals surface area (Å²) in [5, 5.41) is 0. The minimum atomic E-state index is 0.0511. The van der Waals surface area contributed by atoms with Crippen LogP contribution in [0.1, 0.15) is 23.9 Å². The molecule has 0 fully saturated rings. The van der Waals surface area contributed by atoms with Gasteiger partial charge in [-0.2, -0.15) is 0 Å². The van der Waals surface area contributed by atoms with Crippen LogP contribution in [0.5, 0.6) is 0 Å². The molecule has 3 rings (SSSR count). The van der Waals surface area contributed by atoms with E-state index in [4.69, 9.17) is 4.42 Å². The molecule has 0 aliphatic carbocycles. The summed E-state index contributed by atoms with van der Waals surface area (Å²) in [5.74, 6) is 1.30. The van der Waals surface area contributed by atoms with Gasteiger partial charge in [-0.05, 0) is 43.7 Å². The van der Waals surface area contributed by atoms with Crippen molar-refractivity contribution in [2.75, 3.05) is 25.5 Å². The second-order valence-electron chi connectivity index (χ2n) is 7.03. The van der Waals surface area contributed by atoms with Crippen LogP contribution in [-0.2, 0) is 17.8 Å². The van der Waals surface area contributed by atoms with Crippen LogP contribution in [0.2, 0.25) is 0 Å². The number of oxazole rings is 1. The Bertz CT molecular complexity index is 915. The molecule has 28 heavy (non-hydrogen) atoms. The molecule has 0 radical (unpaired) electrons. The second kappa shape index (κ2) is 8.74.